The summed E-state index contributed by atoms with van der Waals surface area (Å²) < 4.78 is 11.7. The number of amides is 2. The number of carbonyl (C=O) groups excluding carboxylic acids is 2. The summed E-state index contributed by atoms with van der Waals surface area (Å²) in [4.78, 5) is 35.6. The van der Waals surface area contributed by atoms with Crippen LogP contribution in [0.2, 0.25) is 0 Å². The van der Waals surface area contributed by atoms with Gasteiger partial charge in [-0.05, 0) is 44.6 Å². The van der Waals surface area contributed by atoms with Crippen molar-refractivity contribution in [3.05, 3.63) is 34.8 Å². The molecule has 2 aromatic heterocycles. The Morgan fingerprint density at radius 2 is 1.79 bits per heavy atom. The number of rotatable bonds is 6. The van der Waals surface area contributed by atoms with E-state index in [4.69, 9.17) is 14.5 Å². The number of aryl methyl sites for hydroxylation is 1. The highest BCUT2D eigenvalue weighted by Gasteiger charge is 2.45. The van der Waals surface area contributed by atoms with Crippen LogP contribution in [-0.2, 0) is 22.4 Å². The SMILES string of the molecule is O=C(c1cc(OCC2CCCOC2)nc(C2CC2)c1)N1C[C@@H]2CN(C(=O)C3CCc4n[nH]nc4C3)C[C@H]2C1. The van der Waals surface area contributed by atoms with Crippen molar-refractivity contribution in [1.82, 2.24) is 30.2 Å². The third kappa shape index (κ3) is 4.79. The lowest BCUT2D eigenvalue weighted by atomic mass is 9.89. The van der Waals surface area contributed by atoms with Crippen LogP contribution in [0.3, 0.4) is 0 Å². The Labute approximate surface area is 222 Å². The monoisotopic (exact) mass is 520 g/mol. The van der Waals surface area contributed by atoms with Gasteiger partial charge in [0.15, 0.2) is 0 Å². The van der Waals surface area contributed by atoms with Crippen molar-refractivity contribution >= 4 is 11.8 Å². The summed E-state index contributed by atoms with van der Waals surface area (Å²) in [5, 5.41) is 11.1. The molecule has 5 heterocycles. The van der Waals surface area contributed by atoms with Gasteiger partial charge in [0, 0.05) is 86.1 Å². The van der Waals surface area contributed by atoms with Gasteiger partial charge in [0.05, 0.1) is 24.6 Å². The predicted octanol–water partition coefficient (Wildman–Crippen LogP) is 2.22. The third-order valence-corrected chi connectivity index (χ3v) is 9.09. The van der Waals surface area contributed by atoms with E-state index < -0.39 is 0 Å². The number of aromatic amines is 1. The summed E-state index contributed by atoms with van der Waals surface area (Å²) in [6.07, 6.45) is 6.72. The number of pyridine rings is 1. The van der Waals surface area contributed by atoms with Crippen LogP contribution in [0.4, 0.5) is 0 Å². The molecule has 0 bridgehead atoms. The average molecular weight is 521 g/mol. The maximum Gasteiger partial charge on any atom is 0.254 e. The van der Waals surface area contributed by atoms with Gasteiger partial charge in [-0.3, -0.25) is 9.59 Å². The van der Waals surface area contributed by atoms with E-state index in [0.717, 1.165) is 81.9 Å². The molecule has 2 aromatic rings. The zero-order chi connectivity index (χ0) is 25.6. The molecule has 3 saturated heterocycles. The average Bonchev–Trinajstić information content (AvgIpc) is 3.37. The Morgan fingerprint density at radius 1 is 1.00 bits per heavy atom. The van der Waals surface area contributed by atoms with Crippen molar-refractivity contribution < 1.29 is 19.1 Å². The molecule has 5 aliphatic rings. The number of nitrogens with zero attached hydrogens (tertiary/aromatic N) is 5. The van der Waals surface area contributed by atoms with Gasteiger partial charge in [0.25, 0.3) is 5.91 Å². The van der Waals surface area contributed by atoms with Gasteiger partial charge in [-0.1, -0.05) is 0 Å². The van der Waals surface area contributed by atoms with Gasteiger partial charge in [0.2, 0.25) is 11.8 Å². The van der Waals surface area contributed by atoms with Crippen molar-refractivity contribution in [3.63, 3.8) is 0 Å². The first kappa shape index (κ1) is 24.1. The minimum atomic E-state index is -0.0135. The zero-order valence-electron chi connectivity index (χ0n) is 21.8. The van der Waals surface area contributed by atoms with Crippen LogP contribution in [0.25, 0.3) is 0 Å². The molecule has 2 amide bonds. The number of ether oxygens (including phenoxy) is 2. The van der Waals surface area contributed by atoms with Crippen LogP contribution >= 0.6 is 0 Å². The largest absolute Gasteiger partial charge is 0.477 e. The molecular formula is C28H36N6O4. The van der Waals surface area contributed by atoms with E-state index in [2.05, 4.69) is 15.4 Å². The minimum Gasteiger partial charge on any atom is -0.477 e. The van der Waals surface area contributed by atoms with Gasteiger partial charge in [0.1, 0.15) is 0 Å². The summed E-state index contributed by atoms with van der Waals surface area (Å²) >= 11 is 0. The van der Waals surface area contributed by atoms with Gasteiger partial charge in [-0.25, -0.2) is 4.98 Å². The van der Waals surface area contributed by atoms with Gasteiger partial charge in [-0.2, -0.15) is 15.4 Å². The number of nitrogens with one attached hydrogen (secondary N) is 1. The Kier molecular flexibility index (Phi) is 6.30. The van der Waals surface area contributed by atoms with Crippen molar-refractivity contribution in [1.29, 1.82) is 0 Å². The number of hydrogen-bond donors (Lipinski definition) is 1. The third-order valence-electron chi connectivity index (χ3n) is 9.09. The highest BCUT2D eigenvalue weighted by Crippen LogP contribution is 2.40. The number of hydrogen-bond acceptors (Lipinski definition) is 7. The molecule has 4 atom stereocenters. The van der Waals surface area contributed by atoms with E-state index >= 15 is 0 Å². The molecule has 2 unspecified atom stereocenters. The molecule has 0 spiro atoms. The fourth-order valence-corrected chi connectivity index (χ4v) is 6.73. The fourth-order valence-electron chi connectivity index (χ4n) is 6.73. The van der Waals surface area contributed by atoms with E-state index in [1.165, 1.54) is 0 Å². The topological polar surface area (TPSA) is 114 Å². The Hall–Kier alpha value is -3.01. The fraction of sp³-hybridized carbons (Fsp3) is 0.679. The highest BCUT2D eigenvalue weighted by molar-refractivity contribution is 5.95. The molecule has 10 heteroatoms. The van der Waals surface area contributed by atoms with Crippen LogP contribution in [0.15, 0.2) is 12.1 Å². The molecule has 1 N–H and O–H groups in total. The number of aromatic nitrogens is 4. The highest BCUT2D eigenvalue weighted by atomic mass is 16.5. The smallest absolute Gasteiger partial charge is 0.254 e. The normalized spacial score (nSPS) is 28.7. The molecule has 10 nitrogen and oxygen atoms in total. The lowest BCUT2D eigenvalue weighted by molar-refractivity contribution is -0.135. The van der Waals surface area contributed by atoms with Gasteiger partial charge >= 0.3 is 0 Å². The first-order valence-electron chi connectivity index (χ1n) is 14.3. The maximum atomic E-state index is 13.6. The predicted molar refractivity (Wildman–Crippen MR) is 137 cm³/mol. The Morgan fingerprint density at radius 3 is 2.55 bits per heavy atom. The first-order valence-corrected chi connectivity index (χ1v) is 14.3. The molecule has 1 saturated carbocycles. The molecule has 0 aromatic carbocycles. The Balaban J connectivity index is 0.980. The summed E-state index contributed by atoms with van der Waals surface area (Å²) in [6.45, 7) is 4.99. The summed E-state index contributed by atoms with van der Waals surface area (Å²) in [5.74, 6) is 2.32. The van der Waals surface area contributed by atoms with Crippen LogP contribution < -0.4 is 4.74 Å². The molecule has 0 radical (unpaired) electrons. The second kappa shape index (κ2) is 9.94. The van der Waals surface area contributed by atoms with Crippen LogP contribution in [0, 0.1) is 23.7 Å². The lowest BCUT2D eigenvalue weighted by Crippen LogP contribution is -2.40. The molecular weight excluding hydrogens is 484 g/mol. The van der Waals surface area contributed by atoms with E-state index in [9.17, 15) is 9.59 Å². The van der Waals surface area contributed by atoms with Gasteiger partial charge in [-0.15, -0.1) is 0 Å². The quantitative estimate of drug-likeness (QED) is 0.621. The molecule has 202 valence electrons. The van der Waals surface area contributed by atoms with E-state index in [1.807, 2.05) is 21.9 Å². The summed E-state index contributed by atoms with van der Waals surface area (Å²) in [7, 11) is 0. The molecule has 4 fully saturated rings. The van der Waals surface area contributed by atoms with E-state index in [-0.39, 0.29) is 17.7 Å². The first-order chi connectivity index (χ1) is 18.6. The summed E-state index contributed by atoms with van der Waals surface area (Å²) in [6, 6.07) is 3.80. The van der Waals surface area contributed by atoms with Gasteiger partial charge < -0.3 is 19.3 Å². The second-order valence-corrected chi connectivity index (χ2v) is 11.9. The summed E-state index contributed by atoms with van der Waals surface area (Å²) in [5.41, 5.74) is 3.59. The number of fused-ring (bicyclic) bond motifs is 2. The second-order valence-electron chi connectivity index (χ2n) is 11.9. The van der Waals surface area contributed by atoms with E-state index in [1.54, 1.807) is 0 Å². The van der Waals surface area contributed by atoms with Crippen molar-refractivity contribution in [2.45, 2.75) is 50.9 Å². The molecule has 3 aliphatic heterocycles. The molecule has 38 heavy (non-hydrogen) atoms. The van der Waals surface area contributed by atoms with Crippen molar-refractivity contribution in [2.24, 2.45) is 23.7 Å². The van der Waals surface area contributed by atoms with Crippen LogP contribution in [-0.4, -0.2) is 88.0 Å². The number of H-pyrrole nitrogens is 1. The minimum absolute atomic E-state index is 0.0135. The van der Waals surface area contributed by atoms with E-state index in [0.29, 0.717) is 61.2 Å². The lowest BCUT2D eigenvalue weighted by Gasteiger charge is -2.27. The van der Waals surface area contributed by atoms with Crippen LogP contribution in [0.1, 0.15) is 65.5 Å². The number of likely N-dealkylation sites (tertiary alicyclic amines) is 2. The van der Waals surface area contributed by atoms with Crippen molar-refractivity contribution in [2.75, 3.05) is 46.0 Å². The Bertz CT molecular complexity index is 1190. The number of carbonyl (C=O) groups is 2. The molecule has 2 aliphatic carbocycles. The van der Waals surface area contributed by atoms with Crippen molar-refractivity contribution in [3.8, 4) is 5.88 Å². The van der Waals surface area contributed by atoms with Crippen LogP contribution in [0.5, 0.6) is 5.88 Å². The molecule has 7 rings (SSSR count). The zero-order valence-corrected chi connectivity index (χ0v) is 21.8. The maximum absolute atomic E-state index is 13.6. The standard InChI is InChI=1S/C28H36N6O4/c35-27(19-5-6-23-25(8-19)31-32-30-23)33-11-21-13-34(14-22(21)12-33)28(36)20-9-24(18-3-4-18)29-26(10-20)38-16-17-2-1-7-37-15-17/h9-10,17-19,21-22H,1-8,11-16H2,(H,30,31,32)/t17?,19?,21-,22-/m0/s1.